The zero-order valence-corrected chi connectivity index (χ0v) is 22.8. The van der Waals surface area contributed by atoms with Crippen molar-refractivity contribution in [1.82, 2.24) is 24.3 Å². The Bertz CT molecular complexity index is 1500. The van der Waals surface area contributed by atoms with Crippen LogP contribution in [0.1, 0.15) is 56.6 Å². The molecule has 1 atom stereocenters. The number of pyridine rings is 3. The molecule has 1 aliphatic rings. The molecule has 0 saturated carbocycles. The summed E-state index contributed by atoms with van der Waals surface area (Å²) in [6.45, 7) is 8.09. The Kier molecular flexibility index (Phi) is 6.75. The van der Waals surface area contributed by atoms with Crippen molar-refractivity contribution in [2.75, 3.05) is 29.9 Å². The molecule has 5 rings (SSSR count). The number of anilines is 3. The van der Waals surface area contributed by atoms with Gasteiger partial charge in [-0.2, -0.15) is 5.10 Å². The van der Waals surface area contributed by atoms with Crippen LogP contribution < -0.4 is 15.4 Å². The molecular formula is C29H37N7O. The monoisotopic (exact) mass is 499 g/mol. The maximum absolute atomic E-state index is 13.3. The molecular weight excluding hydrogens is 462 g/mol. The summed E-state index contributed by atoms with van der Waals surface area (Å²) in [7, 11) is 5.91. The van der Waals surface area contributed by atoms with Crippen molar-refractivity contribution in [1.29, 1.82) is 0 Å². The second-order valence-electron chi connectivity index (χ2n) is 10.2. The molecule has 0 saturated heterocycles. The second kappa shape index (κ2) is 10.00. The molecule has 0 spiro atoms. The molecule has 37 heavy (non-hydrogen) atoms. The summed E-state index contributed by atoms with van der Waals surface area (Å²) in [5.41, 5.74) is 7.05. The van der Waals surface area contributed by atoms with E-state index in [1.54, 1.807) is 9.25 Å². The highest BCUT2D eigenvalue weighted by molar-refractivity contribution is 5.97. The Morgan fingerprint density at radius 3 is 2.57 bits per heavy atom. The number of aryl methyl sites for hydroxylation is 2. The number of nitrogens with zero attached hydrogens (tertiary/aromatic N) is 7. The predicted octanol–water partition coefficient (Wildman–Crippen LogP) is 5.31. The Labute approximate surface area is 218 Å². The zero-order valence-electron chi connectivity index (χ0n) is 22.8. The minimum absolute atomic E-state index is 0.0798. The van der Waals surface area contributed by atoms with Gasteiger partial charge in [0, 0.05) is 63.1 Å². The van der Waals surface area contributed by atoms with Gasteiger partial charge in [-0.1, -0.05) is 26.7 Å². The first-order chi connectivity index (χ1) is 17.8. The van der Waals surface area contributed by atoms with Gasteiger partial charge in [-0.15, -0.1) is 0 Å². The van der Waals surface area contributed by atoms with Gasteiger partial charge in [-0.05, 0) is 43.4 Å². The van der Waals surface area contributed by atoms with Gasteiger partial charge < -0.3 is 14.4 Å². The third kappa shape index (κ3) is 4.28. The molecule has 8 nitrogen and oxygen atoms in total. The first-order valence-electron chi connectivity index (χ1n) is 13.3. The van der Waals surface area contributed by atoms with E-state index in [4.69, 9.17) is 9.97 Å². The lowest BCUT2D eigenvalue weighted by Crippen LogP contribution is -2.37. The van der Waals surface area contributed by atoms with Crippen LogP contribution in [0.15, 0.2) is 41.7 Å². The number of fused-ring (bicyclic) bond motifs is 2. The summed E-state index contributed by atoms with van der Waals surface area (Å²) >= 11 is 0. The standard InChI is InChI=1S/C29H37N7O/c1-7-9-10-20(8-2)26-19(3)29(37)35(6)23-11-12-30-28(27(23)26)36-14-13-33(4)24-15-22(31-17-25(24)36)21-16-32-34(5)18-21/h11-12,15-18,20H,7-10,13-14H2,1-6H3. The Morgan fingerprint density at radius 2 is 1.86 bits per heavy atom. The highest BCUT2D eigenvalue weighted by Crippen LogP contribution is 2.43. The molecule has 194 valence electrons. The number of aromatic nitrogens is 5. The van der Waals surface area contributed by atoms with Crippen molar-refractivity contribution in [3.63, 3.8) is 0 Å². The van der Waals surface area contributed by atoms with Gasteiger partial charge in [0.05, 0.1) is 35.0 Å². The van der Waals surface area contributed by atoms with E-state index in [1.165, 1.54) is 0 Å². The van der Waals surface area contributed by atoms with Crippen molar-refractivity contribution in [2.45, 2.75) is 52.4 Å². The van der Waals surface area contributed by atoms with E-state index < -0.39 is 0 Å². The van der Waals surface area contributed by atoms with Crippen LogP contribution in [0.4, 0.5) is 17.2 Å². The van der Waals surface area contributed by atoms with Gasteiger partial charge in [0.15, 0.2) is 0 Å². The van der Waals surface area contributed by atoms with Crippen LogP contribution in [-0.4, -0.2) is 44.5 Å². The molecule has 4 aromatic rings. The van der Waals surface area contributed by atoms with Crippen LogP contribution in [0.25, 0.3) is 22.2 Å². The average Bonchev–Trinajstić information content (AvgIpc) is 3.35. The summed E-state index contributed by atoms with van der Waals surface area (Å²) in [5, 5.41) is 5.41. The van der Waals surface area contributed by atoms with Crippen molar-refractivity contribution in [3.05, 3.63) is 58.4 Å². The maximum Gasteiger partial charge on any atom is 0.253 e. The summed E-state index contributed by atoms with van der Waals surface area (Å²) in [6.07, 6.45) is 12.0. The average molecular weight is 500 g/mol. The third-order valence-corrected chi connectivity index (χ3v) is 7.86. The lowest BCUT2D eigenvalue weighted by atomic mass is 9.86. The highest BCUT2D eigenvalue weighted by atomic mass is 16.1. The third-order valence-electron chi connectivity index (χ3n) is 7.86. The Morgan fingerprint density at radius 1 is 1.05 bits per heavy atom. The van der Waals surface area contributed by atoms with Gasteiger partial charge in [0.25, 0.3) is 5.56 Å². The van der Waals surface area contributed by atoms with Gasteiger partial charge >= 0.3 is 0 Å². The van der Waals surface area contributed by atoms with Crippen molar-refractivity contribution < 1.29 is 0 Å². The van der Waals surface area contributed by atoms with Crippen molar-refractivity contribution in [3.8, 4) is 11.3 Å². The molecule has 8 heteroatoms. The van der Waals surface area contributed by atoms with Crippen molar-refractivity contribution in [2.24, 2.45) is 14.1 Å². The largest absolute Gasteiger partial charge is 0.371 e. The molecule has 0 amide bonds. The fourth-order valence-electron chi connectivity index (χ4n) is 5.73. The van der Waals surface area contributed by atoms with Gasteiger partial charge in [-0.3, -0.25) is 14.5 Å². The molecule has 0 aliphatic carbocycles. The lowest BCUT2D eigenvalue weighted by molar-refractivity contribution is 0.568. The van der Waals surface area contributed by atoms with E-state index >= 15 is 0 Å². The fraction of sp³-hybridized carbons (Fsp3) is 0.448. The quantitative estimate of drug-likeness (QED) is 0.343. The van der Waals surface area contributed by atoms with E-state index in [2.05, 4.69) is 41.9 Å². The molecule has 5 heterocycles. The second-order valence-corrected chi connectivity index (χ2v) is 10.2. The van der Waals surface area contributed by atoms with Crippen LogP contribution in [0.2, 0.25) is 0 Å². The summed E-state index contributed by atoms with van der Waals surface area (Å²) in [5.74, 6) is 1.23. The molecule has 1 aliphatic heterocycles. The molecule has 4 aromatic heterocycles. The summed E-state index contributed by atoms with van der Waals surface area (Å²) < 4.78 is 3.58. The van der Waals surface area contributed by atoms with Crippen LogP contribution >= 0.6 is 0 Å². The fourth-order valence-corrected chi connectivity index (χ4v) is 5.73. The Balaban J connectivity index is 1.72. The van der Waals surface area contributed by atoms with Crippen LogP contribution in [0.5, 0.6) is 0 Å². The van der Waals surface area contributed by atoms with Crippen LogP contribution in [-0.2, 0) is 14.1 Å². The lowest BCUT2D eigenvalue weighted by Gasteiger charge is -2.37. The summed E-state index contributed by atoms with van der Waals surface area (Å²) in [4.78, 5) is 27.7. The van der Waals surface area contributed by atoms with Gasteiger partial charge in [-0.25, -0.2) is 4.98 Å². The van der Waals surface area contributed by atoms with E-state index in [-0.39, 0.29) is 5.56 Å². The van der Waals surface area contributed by atoms with Gasteiger partial charge in [0.2, 0.25) is 0 Å². The van der Waals surface area contributed by atoms with Crippen LogP contribution in [0, 0.1) is 6.92 Å². The predicted molar refractivity (Wildman–Crippen MR) is 151 cm³/mol. The van der Waals surface area contributed by atoms with Crippen LogP contribution in [0.3, 0.4) is 0 Å². The first-order valence-corrected chi connectivity index (χ1v) is 13.3. The number of rotatable bonds is 7. The molecule has 0 N–H and O–H groups in total. The minimum atomic E-state index is 0.0798. The smallest absolute Gasteiger partial charge is 0.253 e. The normalized spacial score (nSPS) is 14.3. The molecule has 0 fully saturated rings. The van der Waals surface area contributed by atoms with E-state index in [0.717, 1.165) is 89.3 Å². The SMILES string of the molecule is CCCCC(CC)c1c(C)c(=O)n(C)c2ccnc(N3CCN(C)c4cc(-c5cnn(C)c5)ncc43)c12. The van der Waals surface area contributed by atoms with E-state index in [1.807, 2.05) is 51.9 Å². The molecule has 0 bridgehead atoms. The topological polar surface area (TPSA) is 72.1 Å². The first kappa shape index (κ1) is 25.0. The van der Waals surface area contributed by atoms with Gasteiger partial charge in [0.1, 0.15) is 5.82 Å². The van der Waals surface area contributed by atoms with E-state index in [9.17, 15) is 4.79 Å². The number of likely N-dealkylation sites (N-methyl/N-ethyl adjacent to an activating group) is 1. The zero-order chi connectivity index (χ0) is 26.3. The maximum atomic E-state index is 13.3. The molecule has 1 unspecified atom stereocenters. The minimum Gasteiger partial charge on any atom is -0.371 e. The number of unbranched alkanes of at least 4 members (excludes halogenated alkanes) is 1. The molecule has 0 aromatic carbocycles. The highest BCUT2D eigenvalue weighted by Gasteiger charge is 2.29. The van der Waals surface area contributed by atoms with Crippen molar-refractivity contribution >= 4 is 28.1 Å². The summed E-state index contributed by atoms with van der Waals surface area (Å²) in [6, 6.07) is 4.12. The van der Waals surface area contributed by atoms with E-state index in [0.29, 0.717) is 5.92 Å². The Hall–Kier alpha value is -3.68. The molecule has 0 radical (unpaired) electrons. The number of hydrogen-bond acceptors (Lipinski definition) is 6. The number of hydrogen-bond donors (Lipinski definition) is 0.